The van der Waals surface area contributed by atoms with E-state index in [4.69, 9.17) is 21.1 Å². The minimum absolute atomic E-state index is 0.311. The van der Waals surface area contributed by atoms with Crippen LogP contribution in [-0.2, 0) is 9.47 Å². The van der Waals surface area contributed by atoms with Crippen LogP contribution in [0, 0.1) is 0 Å². The molecule has 0 atom stereocenters. The van der Waals surface area contributed by atoms with E-state index in [-0.39, 0.29) is 5.79 Å². The SMILES string of the molecule is Clc1ccc2scnc2c1NC1CCC2(CC1)OCCO2. The molecular formula is C15H17ClN2O2S. The first-order valence-corrected chi connectivity index (χ1v) is 8.58. The predicted octanol–water partition coefficient (Wildman–Crippen LogP) is 4.05. The van der Waals surface area contributed by atoms with Gasteiger partial charge in [-0.3, -0.25) is 0 Å². The first kappa shape index (κ1) is 13.8. The highest BCUT2D eigenvalue weighted by Crippen LogP contribution is 2.39. The van der Waals surface area contributed by atoms with Crippen molar-refractivity contribution in [3.8, 4) is 0 Å². The maximum absolute atomic E-state index is 6.35. The van der Waals surface area contributed by atoms with Crippen LogP contribution in [0.15, 0.2) is 17.6 Å². The summed E-state index contributed by atoms with van der Waals surface area (Å²) in [6.07, 6.45) is 3.93. The number of halogens is 1. The van der Waals surface area contributed by atoms with Crippen LogP contribution in [0.5, 0.6) is 0 Å². The van der Waals surface area contributed by atoms with Gasteiger partial charge in [0.1, 0.15) is 5.52 Å². The van der Waals surface area contributed by atoms with Crippen LogP contribution in [0.4, 0.5) is 5.69 Å². The molecule has 1 spiro atoms. The zero-order chi connectivity index (χ0) is 14.3. The highest BCUT2D eigenvalue weighted by molar-refractivity contribution is 7.16. The van der Waals surface area contributed by atoms with Crippen LogP contribution in [0.1, 0.15) is 25.7 Å². The fourth-order valence-corrected chi connectivity index (χ4v) is 4.13. The van der Waals surface area contributed by atoms with Gasteiger partial charge in [-0.05, 0) is 25.0 Å². The van der Waals surface area contributed by atoms with Crippen LogP contribution >= 0.6 is 22.9 Å². The lowest BCUT2D eigenvalue weighted by atomic mass is 9.90. The third-order valence-corrected chi connectivity index (χ3v) is 5.47. The topological polar surface area (TPSA) is 43.4 Å². The molecule has 1 aliphatic heterocycles. The van der Waals surface area contributed by atoms with E-state index in [2.05, 4.69) is 10.3 Å². The van der Waals surface area contributed by atoms with Crippen molar-refractivity contribution >= 4 is 38.8 Å². The third-order valence-electron chi connectivity index (χ3n) is 4.36. The average molecular weight is 325 g/mol. The van der Waals surface area contributed by atoms with Crippen molar-refractivity contribution in [3.05, 3.63) is 22.7 Å². The van der Waals surface area contributed by atoms with Crippen LogP contribution < -0.4 is 5.32 Å². The summed E-state index contributed by atoms with van der Waals surface area (Å²) in [5, 5.41) is 4.32. The van der Waals surface area contributed by atoms with Gasteiger partial charge >= 0.3 is 0 Å². The normalized spacial score (nSPS) is 22.1. The summed E-state index contributed by atoms with van der Waals surface area (Å²) in [6, 6.07) is 4.36. The lowest BCUT2D eigenvalue weighted by Crippen LogP contribution is -2.39. The number of nitrogens with one attached hydrogen (secondary N) is 1. The molecule has 112 valence electrons. The summed E-state index contributed by atoms with van der Waals surface area (Å²) >= 11 is 7.99. The molecule has 1 saturated heterocycles. The van der Waals surface area contributed by atoms with Gasteiger partial charge in [0.25, 0.3) is 0 Å². The number of hydrogen-bond acceptors (Lipinski definition) is 5. The zero-order valence-corrected chi connectivity index (χ0v) is 13.2. The van der Waals surface area contributed by atoms with E-state index in [1.807, 2.05) is 17.6 Å². The van der Waals surface area contributed by atoms with Crippen molar-refractivity contribution in [2.75, 3.05) is 18.5 Å². The van der Waals surface area contributed by atoms with Gasteiger partial charge < -0.3 is 14.8 Å². The Kier molecular flexibility index (Phi) is 3.53. The Hall–Kier alpha value is -0.880. The summed E-state index contributed by atoms with van der Waals surface area (Å²) in [5.74, 6) is -0.311. The number of aromatic nitrogens is 1. The lowest BCUT2D eigenvalue weighted by Gasteiger charge is -2.36. The van der Waals surface area contributed by atoms with Gasteiger partial charge in [0, 0.05) is 18.9 Å². The molecule has 0 unspecified atom stereocenters. The molecule has 6 heteroatoms. The number of ether oxygens (including phenoxy) is 2. The molecule has 1 aromatic heterocycles. The highest BCUT2D eigenvalue weighted by atomic mass is 35.5. The van der Waals surface area contributed by atoms with E-state index < -0.39 is 0 Å². The van der Waals surface area contributed by atoms with E-state index in [1.165, 1.54) is 0 Å². The zero-order valence-electron chi connectivity index (χ0n) is 11.6. The van der Waals surface area contributed by atoms with E-state index in [1.54, 1.807) is 11.3 Å². The molecule has 2 aliphatic rings. The molecule has 4 rings (SSSR count). The lowest BCUT2D eigenvalue weighted by molar-refractivity contribution is -0.177. The largest absolute Gasteiger partial charge is 0.379 e. The summed E-state index contributed by atoms with van der Waals surface area (Å²) < 4.78 is 12.7. The Morgan fingerprint density at radius 1 is 1.24 bits per heavy atom. The fraction of sp³-hybridized carbons (Fsp3) is 0.533. The molecule has 0 radical (unpaired) electrons. The molecule has 0 amide bonds. The smallest absolute Gasteiger partial charge is 0.168 e. The van der Waals surface area contributed by atoms with E-state index in [9.17, 15) is 0 Å². The average Bonchev–Trinajstić information content (AvgIpc) is 3.14. The minimum atomic E-state index is -0.311. The summed E-state index contributed by atoms with van der Waals surface area (Å²) in [5.41, 5.74) is 3.80. The van der Waals surface area contributed by atoms with Gasteiger partial charge in [0.15, 0.2) is 5.79 Å². The number of fused-ring (bicyclic) bond motifs is 1. The maximum atomic E-state index is 6.35. The molecule has 21 heavy (non-hydrogen) atoms. The Bertz CT molecular complexity index is 644. The van der Waals surface area contributed by atoms with Crippen molar-refractivity contribution in [1.82, 2.24) is 4.98 Å². The highest BCUT2D eigenvalue weighted by Gasteiger charge is 2.40. The van der Waals surface area contributed by atoms with E-state index in [0.29, 0.717) is 6.04 Å². The standard InChI is InChI=1S/C15H17ClN2O2S/c16-11-1-2-12-14(17-9-21-12)13(11)18-10-3-5-15(6-4-10)19-7-8-20-15/h1-2,9-10,18H,3-8H2. The monoisotopic (exact) mass is 324 g/mol. The Labute approximate surface area is 132 Å². The molecule has 2 fully saturated rings. The van der Waals surface area contributed by atoms with Gasteiger partial charge in [-0.2, -0.15) is 0 Å². The second-order valence-corrected chi connectivity index (χ2v) is 6.94. The summed E-state index contributed by atoms with van der Waals surface area (Å²) in [4.78, 5) is 4.44. The Morgan fingerprint density at radius 2 is 2.00 bits per heavy atom. The van der Waals surface area contributed by atoms with Gasteiger partial charge in [-0.1, -0.05) is 11.6 Å². The van der Waals surface area contributed by atoms with Crippen LogP contribution in [-0.4, -0.2) is 30.0 Å². The number of thiazole rings is 1. The number of anilines is 1. The number of rotatable bonds is 2. The Balaban J connectivity index is 1.51. The van der Waals surface area contributed by atoms with Crippen LogP contribution in [0.25, 0.3) is 10.2 Å². The van der Waals surface area contributed by atoms with E-state index >= 15 is 0 Å². The van der Waals surface area contributed by atoms with Gasteiger partial charge in [0.05, 0.1) is 34.1 Å². The van der Waals surface area contributed by atoms with Gasteiger partial charge in [-0.15, -0.1) is 11.3 Å². The molecular weight excluding hydrogens is 308 g/mol. The fourth-order valence-electron chi connectivity index (χ4n) is 3.24. The van der Waals surface area contributed by atoms with E-state index in [0.717, 1.165) is 59.8 Å². The van der Waals surface area contributed by atoms with Crippen molar-refractivity contribution < 1.29 is 9.47 Å². The molecule has 2 aromatic rings. The number of hydrogen-bond donors (Lipinski definition) is 1. The first-order valence-electron chi connectivity index (χ1n) is 7.32. The van der Waals surface area contributed by atoms with Crippen LogP contribution in [0.3, 0.4) is 0 Å². The molecule has 1 N–H and O–H groups in total. The number of benzene rings is 1. The predicted molar refractivity (Wildman–Crippen MR) is 85.1 cm³/mol. The molecule has 1 saturated carbocycles. The molecule has 2 heterocycles. The van der Waals surface area contributed by atoms with Gasteiger partial charge in [-0.25, -0.2) is 4.98 Å². The van der Waals surface area contributed by atoms with Crippen molar-refractivity contribution in [3.63, 3.8) is 0 Å². The third kappa shape index (κ3) is 2.52. The molecule has 4 nitrogen and oxygen atoms in total. The summed E-state index contributed by atoms with van der Waals surface area (Å²) in [6.45, 7) is 1.45. The van der Waals surface area contributed by atoms with Crippen molar-refractivity contribution in [2.45, 2.75) is 37.5 Å². The second kappa shape index (κ2) is 5.39. The molecule has 1 aromatic carbocycles. The van der Waals surface area contributed by atoms with Gasteiger partial charge in [0.2, 0.25) is 0 Å². The molecule has 1 aliphatic carbocycles. The van der Waals surface area contributed by atoms with Crippen LogP contribution in [0.2, 0.25) is 5.02 Å². The second-order valence-electron chi connectivity index (χ2n) is 5.65. The quantitative estimate of drug-likeness (QED) is 0.905. The van der Waals surface area contributed by atoms with Crippen molar-refractivity contribution in [2.24, 2.45) is 0 Å². The van der Waals surface area contributed by atoms with Crippen molar-refractivity contribution in [1.29, 1.82) is 0 Å². The number of nitrogens with zero attached hydrogens (tertiary/aromatic N) is 1. The first-order chi connectivity index (χ1) is 10.3. The summed E-state index contributed by atoms with van der Waals surface area (Å²) in [7, 11) is 0. The minimum Gasteiger partial charge on any atom is -0.379 e. The Morgan fingerprint density at radius 3 is 2.76 bits per heavy atom. The maximum Gasteiger partial charge on any atom is 0.168 e. The molecule has 0 bridgehead atoms.